The first-order valence-electron chi connectivity index (χ1n) is 4.02. The summed E-state index contributed by atoms with van der Waals surface area (Å²) in [6.45, 7) is 0. The van der Waals surface area contributed by atoms with Crippen LogP contribution in [0.1, 0.15) is 5.56 Å². The third kappa shape index (κ3) is 1.44. The fourth-order valence-electron chi connectivity index (χ4n) is 1.37. The average Bonchev–Trinajstić information content (AvgIpc) is 2.45. The zero-order valence-corrected chi connectivity index (χ0v) is 7.12. The number of hydrogen-bond acceptors (Lipinski definition) is 2. The van der Waals surface area contributed by atoms with E-state index in [0.717, 1.165) is 0 Å². The number of carbonyl (C=O) groups is 1. The third-order valence-electron chi connectivity index (χ3n) is 1.91. The number of benzene rings is 1. The molecule has 14 heavy (non-hydrogen) atoms. The summed E-state index contributed by atoms with van der Waals surface area (Å²) in [5, 5.41) is 8.60. The van der Waals surface area contributed by atoms with Crippen molar-refractivity contribution < 1.29 is 14.3 Å². The van der Waals surface area contributed by atoms with Gasteiger partial charge in [0.1, 0.15) is 0 Å². The summed E-state index contributed by atoms with van der Waals surface area (Å²) in [5.41, 5.74) is 1.41. The summed E-state index contributed by atoms with van der Waals surface area (Å²) in [4.78, 5) is 16.5. The highest BCUT2D eigenvalue weighted by atomic mass is 19.1. The zero-order chi connectivity index (χ0) is 10.1. The van der Waals surface area contributed by atoms with Crippen LogP contribution in [0.4, 0.5) is 4.39 Å². The minimum absolute atomic E-state index is 0.151. The minimum atomic E-state index is -0.957. The van der Waals surface area contributed by atoms with Crippen LogP contribution < -0.4 is 0 Å². The Kier molecular flexibility index (Phi) is 1.92. The summed E-state index contributed by atoms with van der Waals surface area (Å²) in [7, 11) is 0. The van der Waals surface area contributed by atoms with E-state index in [1.807, 2.05) is 0 Å². The number of nitrogens with zero attached hydrogens (tertiary/aromatic N) is 1. The molecule has 0 radical (unpaired) electrons. The molecule has 72 valence electrons. The van der Waals surface area contributed by atoms with Crippen molar-refractivity contribution in [2.45, 2.75) is 6.42 Å². The molecule has 1 aromatic heterocycles. The van der Waals surface area contributed by atoms with E-state index in [0.29, 0.717) is 16.6 Å². The van der Waals surface area contributed by atoms with Crippen molar-refractivity contribution in [3.8, 4) is 0 Å². The minimum Gasteiger partial charge on any atom is -0.481 e. The van der Waals surface area contributed by atoms with Crippen molar-refractivity contribution in [1.29, 1.82) is 0 Å². The Morgan fingerprint density at radius 1 is 1.57 bits per heavy atom. The van der Waals surface area contributed by atoms with Gasteiger partial charge in [-0.2, -0.15) is 4.39 Å². The highest BCUT2D eigenvalue weighted by Gasteiger charge is 2.09. The SMILES string of the molecule is O=C(O)Cc1cccc2[nH]c(F)nc12. The van der Waals surface area contributed by atoms with Crippen molar-refractivity contribution in [3.63, 3.8) is 0 Å². The van der Waals surface area contributed by atoms with Crippen LogP contribution in [-0.4, -0.2) is 21.0 Å². The summed E-state index contributed by atoms with van der Waals surface area (Å²) in [6.07, 6.45) is -0.848. The normalized spacial score (nSPS) is 10.6. The van der Waals surface area contributed by atoms with Gasteiger partial charge in [-0.05, 0) is 11.6 Å². The second-order valence-corrected chi connectivity index (χ2v) is 2.91. The van der Waals surface area contributed by atoms with Gasteiger partial charge >= 0.3 is 5.97 Å². The van der Waals surface area contributed by atoms with Gasteiger partial charge in [0, 0.05) is 0 Å². The molecule has 0 aliphatic heterocycles. The lowest BCUT2D eigenvalue weighted by atomic mass is 10.1. The maximum atomic E-state index is 12.7. The molecule has 0 amide bonds. The highest BCUT2D eigenvalue weighted by Crippen LogP contribution is 2.16. The molecule has 2 N–H and O–H groups in total. The highest BCUT2D eigenvalue weighted by molar-refractivity contribution is 5.83. The predicted octanol–water partition coefficient (Wildman–Crippen LogP) is 1.33. The second kappa shape index (κ2) is 3.10. The lowest BCUT2D eigenvalue weighted by molar-refractivity contribution is -0.136. The van der Waals surface area contributed by atoms with Gasteiger partial charge in [0.05, 0.1) is 17.5 Å². The molecule has 0 atom stereocenters. The number of carboxylic acid groups (broad SMARTS) is 1. The van der Waals surface area contributed by atoms with Gasteiger partial charge in [-0.25, -0.2) is 4.98 Å². The van der Waals surface area contributed by atoms with Gasteiger partial charge in [-0.1, -0.05) is 12.1 Å². The number of halogens is 1. The van der Waals surface area contributed by atoms with E-state index in [1.165, 1.54) is 0 Å². The Morgan fingerprint density at radius 3 is 3.07 bits per heavy atom. The number of aromatic amines is 1. The Balaban J connectivity index is 2.58. The Hall–Kier alpha value is -1.91. The Morgan fingerprint density at radius 2 is 2.36 bits per heavy atom. The Bertz CT molecular complexity index is 493. The molecular weight excluding hydrogens is 187 g/mol. The third-order valence-corrected chi connectivity index (χ3v) is 1.91. The molecule has 2 aromatic rings. The summed E-state index contributed by atoms with van der Waals surface area (Å²) in [6, 6.07) is 4.94. The van der Waals surface area contributed by atoms with Crippen LogP contribution >= 0.6 is 0 Å². The summed E-state index contributed by atoms with van der Waals surface area (Å²) >= 11 is 0. The van der Waals surface area contributed by atoms with Gasteiger partial charge in [0.2, 0.25) is 0 Å². The predicted molar refractivity (Wildman–Crippen MR) is 47.4 cm³/mol. The van der Waals surface area contributed by atoms with Crippen molar-refractivity contribution in [1.82, 2.24) is 9.97 Å². The topological polar surface area (TPSA) is 66.0 Å². The van der Waals surface area contributed by atoms with Crippen molar-refractivity contribution in [2.75, 3.05) is 0 Å². The molecule has 5 heteroatoms. The van der Waals surface area contributed by atoms with Gasteiger partial charge in [0.25, 0.3) is 6.08 Å². The maximum absolute atomic E-state index is 12.7. The Labute approximate surface area is 78.4 Å². The van der Waals surface area contributed by atoms with Crippen LogP contribution in [0.15, 0.2) is 18.2 Å². The first kappa shape index (κ1) is 8.68. The van der Waals surface area contributed by atoms with Gasteiger partial charge in [-0.15, -0.1) is 0 Å². The van der Waals surface area contributed by atoms with Crippen LogP contribution in [0, 0.1) is 6.08 Å². The first-order valence-corrected chi connectivity index (χ1v) is 4.02. The van der Waals surface area contributed by atoms with Crippen LogP contribution in [0.3, 0.4) is 0 Å². The van der Waals surface area contributed by atoms with Gasteiger partial charge in [-0.3, -0.25) is 4.79 Å². The molecule has 0 saturated carbocycles. The standard InChI is InChI=1S/C9H7FN2O2/c10-9-11-6-3-1-2-5(4-7(13)14)8(6)12-9/h1-3H,4H2,(H,11,12)(H,13,14). The van der Waals surface area contributed by atoms with E-state index in [-0.39, 0.29) is 6.42 Å². The molecule has 0 aliphatic rings. The van der Waals surface area contributed by atoms with Crippen LogP contribution in [0.25, 0.3) is 11.0 Å². The number of hydrogen-bond donors (Lipinski definition) is 2. The largest absolute Gasteiger partial charge is 0.481 e. The molecule has 0 bridgehead atoms. The van der Waals surface area contributed by atoms with E-state index >= 15 is 0 Å². The monoisotopic (exact) mass is 194 g/mol. The van der Waals surface area contributed by atoms with E-state index in [4.69, 9.17) is 5.11 Å². The lowest BCUT2D eigenvalue weighted by Gasteiger charge is -1.96. The number of carboxylic acids is 1. The number of H-pyrrole nitrogens is 1. The molecule has 0 saturated heterocycles. The number of rotatable bonds is 2. The number of fused-ring (bicyclic) bond motifs is 1. The lowest BCUT2D eigenvalue weighted by Crippen LogP contribution is -2.00. The number of nitrogens with one attached hydrogen (secondary N) is 1. The number of aromatic nitrogens is 2. The number of imidazole rings is 1. The molecular formula is C9H7FN2O2. The van der Waals surface area contributed by atoms with E-state index < -0.39 is 12.0 Å². The van der Waals surface area contributed by atoms with Crippen molar-refractivity contribution in [2.24, 2.45) is 0 Å². The van der Waals surface area contributed by atoms with Gasteiger partial charge in [0.15, 0.2) is 0 Å². The molecule has 4 nitrogen and oxygen atoms in total. The first-order chi connectivity index (χ1) is 6.66. The molecule has 2 rings (SSSR count). The molecule has 0 unspecified atom stereocenters. The average molecular weight is 194 g/mol. The van der Waals surface area contributed by atoms with Crippen LogP contribution in [-0.2, 0) is 11.2 Å². The van der Waals surface area contributed by atoms with Crippen LogP contribution in [0.5, 0.6) is 0 Å². The summed E-state index contributed by atoms with van der Waals surface area (Å²) < 4.78 is 12.7. The molecule has 1 aromatic carbocycles. The molecule has 0 aliphatic carbocycles. The number of aliphatic carboxylic acids is 1. The molecule has 1 heterocycles. The number of para-hydroxylation sites is 1. The fourth-order valence-corrected chi connectivity index (χ4v) is 1.37. The molecule has 0 fully saturated rings. The van der Waals surface area contributed by atoms with E-state index in [9.17, 15) is 9.18 Å². The quantitative estimate of drug-likeness (QED) is 0.757. The molecule has 0 spiro atoms. The smallest absolute Gasteiger partial charge is 0.307 e. The second-order valence-electron chi connectivity index (χ2n) is 2.91. The van der Waals surface area contributed by atoms with Gasteiger partial charge < -0.3 is 10.1 Å². The van der Waals surface area contributed by atoms with Crippen LogP contribution in [0.2, 0.25) is 0 Å². The zero-order valence-electron chi connectivity index (χ0n) is 7.12. The maximum Gasteiger partial charge on any atom is 0.307 e. The van der Waals surface area contributed by atoms with E-state index in [1.54, 1.807) is 18.2 Å². The fraction of sp³-hybridized carbons (Fsp3) is 0.111. The van der Waals surface area contributed by atoms with Crippen molar-refractivity contribution in [3.05, 3.63) is 29.8 Å². The summed E-state index contributed by atoms with van der Waals surface area (Å²) in [5.74, 6) is -0.957. The van der Waals surface area contributed by atoms with E-state index in [2.05, 4.69) is 9.97 Å². The van der Waals surface area contributed by atoms with Crippen molar-refractivity contribution >= 4 is 17.0 Å².